The van der Waals surface area contributed by atoms with Gasteiger partial charge in [-0.1, -0.05) is 24.6 Å². The summed E-state index contributed by atoms with van der Waals surface area (Å²) in [6, 6.07) is 7.27. The third-order valence-corrected chi connectivity index (χ3v) is 4.78. The normalized spacial score (nSPS) is 28.7. The van der Waals surface area contributed by atoms with E-state index in [1.165, 1.54) is 4.90 Å². The zero-order valence-electron chi connectivity index (χ0n) is 12.0. The second-order valence-electron chi connectivity index (χ2n) is 6.08. The fourth-order valence-corrected chi connectivity index (χ4v) is 3.57. The number of likely N-dealkylation sites (tertiary alicyclic amines) is 1. The molecule has 112 valence electrons. The third-order valence-electron chi connectivity index (χ3n) is 4.54. The van der Waals surface area contributed by atoms with E-state index in [2.05, 4.69) is 12.2 Å². The Morgan fingerprint density at radius 1 is 1.24 bits per heavy atom. The molecule has 0 aromatic heterocycles. The summed E-state index contributed by atoms with van der Waals surface area (Å²) in [5.74, 6) is 0.276. The summed E-state index contributed by atoms with van der Waals surface area (Å²) in [5, 5.41) is 3.74. The lowest BCUT2D eigenvalue weighted by atomic mass is 9.76. The maximum atomic E-state index is 12.4. The van der Waals surface area contributed by atoms with Crippen molar-refractivity contribution in [3.05, 3.63) is 29.3 Å². The smallest absolute Gasteiger partial charge is 0.234 e. The molecule has 4 nitrogen and oxygen atoms in total. The van der Waals surface area contributed by atoms with E-state index in [4.69, 9.17) is 11.6 Å². The van der Waals surface area contributed by atoms with E-state index < -0.39 is 0 Å². The average molecular weight is 307 g/mol. The van der Waals surface area contributed by atoms with Gasteiger partial charge in [-0.05, 0) is 43.4 Å². The number of anilines is 1. The van der Waals surface area contributed by atoms with Crippen molar-refractivity contribution in [3.8, 4) is 0 Å². The zero-order chi connectivity index (χ0) is 15.0. The van der Waals surface area contributed by atoms with Crippen LogP contribution in [0.5, 0.6) is 0 Å². The lowest BCUT2D eigenvalue weighted by Gasteiger charge is -2.25. The highest BCUT2D eigenvalue weighted by molar-refractivity contribution is 6.30. The fourth-order valence-electron chi connectivity index (χ4n) is 3.38. The number of imide groups is 1. The molecule has 1 aromatic rings. The molecule has 2 amide bonds. The first-order chi connectivity index (χ1) is 10.1. The Morgan fingerprint density at radius 3 is 2.76 bits per heavy atom. The van der Waals surface area contributed by atoms with Crippen LogP contribution in [0.15, 0.2) is 24.3 Å². The summed E-state index contributed by atoms with van der Waals surface area (Å²) >= 11 is 5.93. The molecule has 1 N–H and O–H groups in total. The number of halogens is 1. The second kappa shape index (κ2) is 5.68. The van der Waals surface area contributed by atoms with Crippen molar-refractivity contribution in [2.45, 2.75) is 26.2 Å². The third kappa shape index (κ3) is 2.77. The topological polar surface area (TPSA) is 49.4 Å². The van der Waals surface area contributed by atoms with Gasteiger partial charge >= 0.3 is 0 Å². The Kier molecular flexibility index (Phi) is 3.89. The van der Waals surface area contributed by atoms with E-state index in [0.29, 0.717) is 10.9 Å². The number of fused-ring (bicyclic) bond motifs is 1. The van der Waals surface area contributed by atoms with Crippen molar-refractivity contribution in [1.82, 2.24) is 4.90 Å². The van der Waals surface area contributed by atoms with Crippen LogP contribution in [0.25, 0.3) is 0 Å². The number of benzene rings is 1. The summed E-state index contributed by atoms with van der Waals surface area (Å²) in [4.78, 5) is 26.2. The first-order valence-electron chi connectivity index (χ1n) is 7.41. The van der Waals surface area contributed by atoms with Gasteiger partial charge in [0.25, 0.3) is 0 Å². The Bertz CT molecular complexity index is 575. The Balaban J connectivity index is 1.68. The molecular formula is C16H19ClN2O2. The molecule has 21 heavy (non-hydrogen) atoms. The van der Waals surface area contributed by atoms with E-state index in [9.17, 15) is 9.59 Å². The molecule has 0 bridgehead atoms. The minimum Gasteiger partial charge on any atom is -0.367 e. The number of hydrogen-bond acceptors (Lipinski definition) is 3. The van der Waals surface area contributed by atoms with Crippen molar-refractivity contribution < 1.29 is 9.59 Å². The number of nitrogens with one attached hydrogen (secondary N) is 1. The highest BCUT2D eigenvalue weighted by Gasteiger charge is 2.49. The summed E-state index contributed by atoms with van der Waals surface area (Å²) in [6.07, 6.45) is 2.71. The maximum absolute atomic E-state index is 12.4. The predicted molar refractivity (Wildman–Crippen MR) is 81.8 cm³/mol. The highest BCUT2D eigenvalue weighted by atomic mass is 35.5. The standard InChI is InChI=1S/C16H19ClN2O2/c1-10-5-6-13-14(7-10)16(21)19(15(13)20)9-18-12-4-2-3-11(17)8-12/h2-4,8,10,13-14,18H,5-7,9H2,1H3/t10-,13-,14-/m1/s1. The molecule has 2 fully saturated rings. The van der Waals surface area contributed by atoms with E-state index in [1.807, 2.05) is 12.1 Å². The SMILES string of the molecule is C[C@@H]1CC[C@H]2C(=O)N(CNc3cccc(Cl)c3)C(=O)[C@@H]2C1. The monoisotopic (exact) mass is 306 g/mol. The Morgan fingerprint density at radius 2 is 2.00 bits per heavy atom. The minimum absolute atomic E-state index is 0.0218. The number of rotatable bonds is 3. The van der Waals surface area contributed by atoms with E-state index in [-0.39, 0.29) is 30.3 Å². The van der Waals surface area contributed by atoms with Gasteiger partial charge in [0.1, 0.15) is 0 Å². The molecule has 1 aliphatic heterocycles. The van der Waals surface area contributed by atoms with Crippen LogP contribution in [0.3, 0.4) is 0 Å². The molecule has 3 atom stereocenters. The van der Waals surface area contributed by atoms with Crippen LogP contribution in [0.2, 0.25) is 5.02 Å². The number of carbonyl (C=O) groups excluding carboxylic acids is 2. The molecule has 0 spiro atoms. The number of carbonyl (C=O) groups is 2. The maximum Gasteiger partial charge on any atom is 0.234 e. The molecular weight excluding hydrogens is 288 g/mol. The van der Waals surface area contributed by atoms with Crippen LogP contribution in [0.1, 0.15) is 26.2 Å². The number of amides is 2. The molecule has 1 saturated carbocycles. The van der Waals surface area contributed by atoms with Crippen molar-refractivity contribution in [2.24, 2.45) is 17.8 Å². The largest absolute Gasteiger partial charge is 0.367 e. The first-order valence-corrected chi connectivity index (χ1v) is 7.78. The molecule has 5 heteroatoms. The molecule has 2 aliphatic rings. The number of hydrogen-bond donors (Lipinski definition) is 1. The zero-order valence-corrected chi connectivity index (χ0v) is 12.8. The van der Waals surface area contributed by atoms with Gasteiger partial charge in [-0.2, -0.15) is 0 Å². The quantitative estimate of drug-likeness (QED) is 0.873. The van der Waals surface area contributed by atoms with Crippen LogP contribution in [-0.4, -0.2) is 23.4 Å². The minimum atomic E-state index is -0.109. The van der Waals surface area contributed by atoms with Crippen molar-refractivity contribution in [1.29, 1.82) is 0 Å². The highest BCUT2D eigenvalue weighted by Crippen LogP contribution is 2.40. The first kappa shape index (κ1) is 14.4. The van der Waals surface area contributed by atoms with Gasteiger partial charge in [0.2, 0.25) is 11.8 Å². The van der Waals surface area contributed by atoms with Gasteiger partial charge in [0, 0.05) is 10.7 Å². The van der Waals surface area contributed by atoms with Gasteiger partial charge in [-0.25, -0.2) is 0 Å². The van der Waals surface area contributed by atoms with Crippen LogP contribution in [-0.2, 0) is 9.59 Å². The van der Waals surface area contributed by atoms with Gasteiger partial charge in [-0.15, -0.1) is 0 Å². The van der Waals surface area contributed by atoms with E-state index in [1.54, 1.807) is 12.1 Å². The predicted octanol–water partition coefficient (Wildman–Crippen LogP) is 3.13. The van der Waals surface area contributed by atoms with Gasteiger partial charge in [0.15, 0.2) is 0 Å². The van der Waals surface area contributed by atoms with E-state index in [0.717, 1.165) is 24.9 Å². The molecule has 1 heterocycles. The lowest BCUT2D eigenvalue weighted by Crippen LogP contribution is -2.35. The molecule has 0 radical (unpaired) electrons. The summed E-state index contributed by atoms with van der Waals surface area (Å²) in [7, 11) is 0. The van der Waals surface area contributed by atoms with Crippen LogP contribution < -0.4 is 5.32 Å². The molecule has 1 aromatic carbocycles. The number of nitrogens with zero attached hydrogens (tertiary/aromatic N) is 1. The Labute approximate surface area is 129 Å². The van der Waals surface area contributed by atoms with Crippen LogP contribution >= 0.6 is 11.6 Å². The fraction of sp³-hybridized carbons (Fsp3) is 0.500. The lowest BCUT2D eigenvalue weighted by molar-refractivity contribution is -0.139. The molecule has 3 rings (SSSR count). The Hall–Kier alpha value is -1.55. The average Bonchev–Trinajstić information content (AvgIpc) is 2.69. The van der Waals surface area contributed by atoms with Crippen LogP contribution in [0, 0.1) is 17.8 Å². The van der Waals surface area contributed by atoms with Gasteiger partial charge in [0.05, 0.1) is 18.5 Å². The second-order valence-corrected chi connectivity index (χ2v) is 6.52. The molecule has 1 saturated heterocycles. The molecule has 0 unspecified atom stereocenters. The van der Waals surface area contributed by atoms with Gasteiger partial charge in [-0.3, -0.25) is 14.5 Å². The van der Waals surface area contributed by atoms with Crippen molar-refractivity contribution in [2.75, 3.05) is 12.0 Å². The van der Waals surface area contributed by atoms with Crippen molar-refractivity contribution in [3.63, 3.8) is 0 Å². The summed E-state index contributed by atoms with van der Waals surface area (Å²) in [6.45, 7) is 2.38. The summed E-state index contributed by atoms with van der Waals surface area (Å²) in [5.41, 5.74) is 0.811. The van der Waals surface area contributed by atoms with Gasteiger partial charge < -0.3 is 5.32 Å². The van der Waals surface area contributed by atoms with E-state index >= 15 is 0 Å². The molecule has 1 aliphatic carbocycles. The van der Waals surface area contributed by atoms with Crippen molar-refractivity contribution >= 4 is 29.1 Å². The van der Waals surface area contributed by atoms with Crippen LogP contribution in [0.4, 0.5) is 5.69 Å². The summed E-state index contributed by atoms with van der Waals surface area (Å²) < 4.78 is 0.